The second-order valence-corrected chi connectivity index (χ2v) is 4.18. The Bertz CT molecular complexity index is 516. The molecule has 1 heterocycles. The summed E-state index contributed by atoms with van der Waals surface area (Å²) in [5, 5.41) is 7.63. The van der Waals surface area contributed by atoms with Gasteiger partial charge in [0.05, 0.1) is 10.6 Å². The average Bonchev–Trinajstić information content (AvgIpc) is 2.78. The maximum atomic E-state index is 13.7. The molecule has 0 fully saturated rings. The van der Waals surface area contributed by atoms with E-state index in [4.69, 9.17) is 27.6 Å². The highest BCUT2D eigenvalue weighted by Crippen LogP contribution is 2.26. The molecule has 3 nitrogen and oxygen atoms in total. The third-order valence-electron chi connectivity index (χ3n) is 2.17. The molecule has 0 spiro atoms. The van der Waals surface area contributed by atoms with E-state index in [0.717, 1.165) is 6.42 Å². The van der Waals surface area contributed by atoms with Gasteiger partial charge < -0.3 is 4.42 Å². The maximum absolute atomic E-state index is 13.7. The highest BCUT2D eigenvalue weighted by Gasteiger charge is 2.14. The van der Waals surface area contributed by atoms with E-state index in [-0.39, 0.29) is 16.5 Å². The molecule has 0 aliphatic carbocycles. The SMILES string of the molecule is Fc1c(Cl)cccc1-c1nnc(CCCCl)o1. The Morgan fingerprint density at radius 2 is 2.12 bits per heavy atom. The Morgan fingerprint density at radius 3 is 2.88 bits per heavy atom. The molecule has 0 aliphatic rings. The van der Waals surface area contributed by atoms with E-state index in [0.29, 0.717) is 18.2 Å². The molecule has 17 heavy (non-hydrogen) atoms. The smallest absolute Gasteiger partial charge is 0.250 e. The van der Waals surface area contributed by atoms with Gasteiger partial charge in [-0.15, -0.1) is 21.8 Å². The summed E-state index contributed by atoms with van der Waals surface area (Å²) in [4.78, 5) is 0. The number of halogens is 3. The number of aromatic nitrogens is 2. The van der Waals surface area contributed by atoms with Gasteiger partial charge in [0.25, 0.3) is 5.89 Å². The largest absolute Gasteiger partial charge is 0.421 e. The predicted octanol–water partition coefficient (Wildman–Crippen LogP) is 3.70. The molecule has 0 aliphatic heterocycles. The second kappa shape index (κ2) is 5.47. The van der Waals surface area contributed by atoms with Crippen molar-refractivity contribution in [2.45, 2.75) is 12.8 Å². The number of nitrogens with zero attached hydrogens (tertiary/aromatic N) is 2. The van der Waals surface area contributed by atoms with Crippen LogP contribution in [0.3, 0.4) is 0 Å². The van der Waals surface area contributed by atoms with Crippen LogP contribution in [-0.2, 0) is 6.42 Å². The molecule has 0 radical (unpaired) electrons. The van der Waals surface area contributed by atoms with E-state index >= 15 is 0 Å². The van der Waals surface area contributed by atoms with Gasteiger partial charge in [0.2, 0.25) is 5.89 Å². The van der Waals surface area contributed by atoms with Crippen LogP contribution in [-0.4, -0.2) is 16.1 Å². The number of hydrogen-bond donors (Lipinski definition) is 0. The lowest BCUT2D eigenvalue weighted by Crippen LogP contribution is -1.85. The molecule has 0 N–H and O–H groups in total. The van der Waals surface area contributed by atoms with Gasteiger partial charge in [-0.1, -0.05) is 17.7 Å². The van der Waals surface area contributed by atoms with Crippen molar-refractivity contribution < 1.29 is 8.81 Å². The van der Waals surface area contributed by atoms with E-state index in [9.17, 15) is 4.39 Å². The first-order valence-electron chi connectivity index (χ1n) is 5.05. The van der Waals surface area contributed by atoms with Gasteiger partial charge in [0, 0.05) is 12.3 Å². The zero-order valence-corrected chi connectivity index (χ0v) is 10.3. The molecule has 0 amide bonds. The number of rotatable bonds is 4. The fourth-order valence-electron chi connectivity index (χ4n) is 1.35. The lowest BCUT2D eigenvalue weighted by molar-refractivity contribution is 0.498. The molecule has 0 saturated carbocycles. The predicted molar refractivity (Wildman–Crippen MR) is 63.7 cm³/mol. The Morgan fingerprint density at radius 1 is 1.29 bits per heavy atom. The van der Waals surface area contributed by atoms with E-state index in [1.807, 2.05) is 0 Å². The van der Waals surface area contributed by atoms with Crippen molar-refractivity contribution >= 4 is 23.2 Å². The van der Waals surface area contributed by atoms with Crippen molar-refractivity contribution in [1.29, 1.82) is 0 Å². The monoisotopic (exact) mass is 274 g/mol. The summed E-state index contributed by atoms with van der Waals surface area (Å²) < 4.78 is 19.0. The maximum Gasteiger partial charge on any atom is 0.250 e. The highest BCUT2D eigenvalue weighted by molar-refractivity contribution is 6.31. The van der Waals surface area contributed by atoms with Crippen LogP contribution in [0.5, 0.6) is 0 Å². The zero-order valence-electron chi connectivity index (χ0n) is 8.79. The van der Waals surface area contributed by atoms with Gasteiger partial charge in [0.15, 0.2) is 5.82 Å². The van der Waals surface area contributed by atoms with Gasteiger partial charge in [-0.3, -0.25) is 0 Å². The van der Waals surface area contributed by atoms with E-state index in [1.54, 1.807) is 12.1 Å². The lowest BCUT2D eigenvalue weighted by Gasteiger charge is -1.98. The minimum Gasteiger partial charge on any atom is -0.421 e. The summed E-state index contributed by atoms with van der Waals surface area (Å²) in [7, 11) is 0. The highest BCUT2D eigenvalue weighted by atomic mass is 35.5. The molecule has 0 unspecified atom stereocenters. The first-order chi connectivity index (χ1) is 8.22. The summed E-state index contributed by atoms with van der Waals surface area (Å²) in [6.07, 6.45) is 1.32. The van der Waals surface area contributed by atoms with Crippen LogP contribution >= 0.6 is 23.2 Å². The fraction of sp³-hybridized carbons (Fsp3) is 0.273. The van der Waals surface area contributed by atoms with Crippen LogP contribution in [0.4, 0.5) is 4.39 Å². The van der Waals surface area contributed by atoms with Crippen LogP contribution in [0, 0.1) is 5.82 Å². The molecule has 2 rings (SSSR count). The topological polar surface area (TPSA) is 38.9 Å². The summed E-state index contributed by atoms with van der Waals surface area (Å²) in [6, 6.07) is 4.63. The average molecular weight is 275 g/mol. The van der Waals surface area contributed by atoms with Crippen LogP contribution in [0.15, 0.2) is 22.6 Å². The summed E-state index contributed by atoms with van der Waals surface area (Å²) >= 11 is 11.2. The second-order valence-electron chi connectivity index (χ2n) is 3.39. The van der Waals surface area contributed by atoms with Crippen molar-refractivity contribution in [1.82, 2.24) is 10.2 Å². The van der Waals surface area contributed by atoms with Gasteiger partial charge in [-0.2, -0.15) is 0 Å². The summed E-state index contributed by atoms with van der Waals surface area (Å²) in [5.74, 6) is 0.541. The fourth-order valence-corrected chi connectivity index (χ4v) is 1.66. The van der Waals surface area contributed by atoms with Crippen LogP contribution in [0.25, 0.3) is 11.5 Å². The molecule has 1 aromatic carbocycles. The van der Waals surface area contributed by atoms with Crippen LogP contribution < -0.4 is 0 Å². The molecule has 0 saturated heterocycles. The van der Waals surface area contributed by atoms with Crippen molar-refractivity contribution in [2.24, 2.45) is 0 Å². The van der Waals surface area contributed by atoms with Crippen molar-refractivity contribution in [3.05, 3.63) is 34.9 Å². The number of aryl methyl sites for hydroxylation is 1. The summed E-state index contributed by atoms with van der Waals surface area (Å²) in [5.41, 5.74) is 0.210. The number of alkyl halides is 1. The van der Waals surface area contributed by atoms with Gasteiger partial charge in [-0.25, -0.2) is 4.39 Å². The third-order valence-corrected chi connectivity index (χ3v) is 2.73. The van der Waals surface area contributed by atoms with Crippen LogP contribution in [0.1, 0.15) is 12.3 Å². The first-order valence-corrected chi connectivity index (χ1v) is 5.96. The van der Waals surface area contributed by atoms with Gasteiger partial charge in [-0.05, 0) is 18.6 Å². The molecule has 90 valence electrons. The minimum atomic E-state index is -0.554. The van der Waals surface area contributed by atoms with E-state index in [2.05, 4.69) is 10.2 Å². The zero-order chi connectivity index (χ0) is 12.3. The summed E-state index contributed by atoms with van der Waals surface area (Å²) in [6.45, 7) is 0. The van der Waals surface area contributed by atoms with Crippen molar-refractivity contribution in [2.75, 3.05) is 5.88 Å². The molecule has 2 aromatic rings. The van der Waals surface area contributed by atoms with E-state index in [1.165, 1.54) is 6.07 Å². The Labute approximate surface area is 108 Å². The van der Waals surface area contributed by atoms with E-state index < -0.39 is 5.82 Å². The molecule has 6 heteroatoms. The number of benzene rings is 1. The number of hydrogen-bond acceptors (Lipinski definition) is 3. The molecule has 0 bridgehead atoms. The lowest BCUT2D eigenvalue weighted by atomic mass is 10.2. The normalized spacial score (nSPS) is 10.8. The molecule has 0 atom stereocenters. The van der Waals surface area contributed by atoms with Gasteiger partial charge in [0.1, 0.15) is 0 Å². The minimum absolute atomic E-state index is 0.0306. The Kier molecular flexibility index (Phi) is 3.97. The molecular formula is C11H9Cl2FN2O. The van der Waals surface area contributed by atoms with Crippen molar-refractivity contribution in [3.63, 3.8) is 0 Å². The van der Waals surface area contributed by atoms with Crippen molar-refractivity contribution in [3.8, 4) is 11.5 Å². The first kappa shape index (κ1) is 12.3. The third kappa shape index (κ3) is 2.76. The van der Waals surface area contributed by atoms with Gasteiger partial charge >= 0.3 is 0 Å². The molecular weight excluding hydrogens is 266 g/mol. The quantitative estimate of drug-likeness (QED) is 0.798. The molecule has 1 aromatic heterocycles. The standard InChI is InChI=1S/C11H9Cl2FN2O/c12-6-2-5-9-15-16-11(17-9)7-3-1-4-8(13)10(7)14/h1,3-4H,2,5-6H2. The Balaban J connectivity index is 2.27. The Hall–Kier alpha value is -1.13. The van der Waals surface area contributed by atoms with Crippen LogP contribution in [0.2, 0.25) is 5.02 Å².